The highest BCUT2D eigenvalue weighted by Crippen LogP contribution is 2.59. The van der Waals surface area contributed by atoms with E-state index in [0.29, 0.717) is 0 Å². The van der Waals surface area contributed by atoms with Crippen LogP contribution in [0.1, 0.15) is 47.2 Å². The molecule has 1 heteroatoms. The lowest BCUT2D eigenvalue weighted by atomic mass is 9.68. The minimum Gasteiger partial charge on any atom is -0.309 e. The van der Waals surface area contributed by atoms with Crippen LogP contribution in [0.2, 0.25) is 0 Å². The molecule has 2 aliphatic carbocycles. The summed E-state index contributed by atoms with van der Waals surface area (Å²) in [4.78, 5) is 2.58. The Morgan fingerprint density at radius 2 is 0.826 bits per heavy atom. The van der Waals surface area contributed by atoms with Gasteiger partial charge >= 0.3 is 0 Å². The van der Waals surface area contributed by atoms with E-state index in [-0.39, 0.29) is 5.41 Å². The zero-order valence-corrected chi connectivity index (χ0v) is 38.8. The molecule has 11 aromatic rings. The molecule has 0 radical (unpaired) electrons. The second-order valence-corrected chi connectivity index (χ2v) is 19.1. The third-order valence-electron chi connectivity index (χ3n) is 15.2. The monoisotopic (exact) mass is 879 g/mol. The molecule has 0 atom stereocenters. The highest BCUT2D eigenvalue weighted by Gasteiger charge is 2.46. The van der Waals surface area contributed by atoms with Gasteiger partial charge in [0.2, 0.25) is 0 Å². The highest BCUT2D eigenvalue weighted by molar-refractivity contribution is 6.11. The standard InChI is InChI=1S/C68H49N/c1-67(2)58-37-19-18-34-55(58)65-56(36-21-39-61(65)67)66-53-32-16-15-25-47(53)41-44-63(66)69(62-40-22-35-52(46-23-7-3-8-24-46)64(62)48-26-9-4-10-27-48)51-42-43-60-57(45-51)54-33-17-20-38-59(54)68(60,49-28-11-5-12-29-49)50-30-13-6-14-31-50/h3-45H,1-2H3. The first-order chi connectivity index (χ1) is 34.0. The van der Waals surface area contributed by atoms with Crippen LogP contribution < -0.4 is 4.90 Å². The van der Waals surface area contributed by atoms with E-state index in [1.165, 1.54) is 94.2 Å². The number of rotatable bonds is 8. The average molecular weight is 880 g/mol. The summed E-state index contributed by atoms with van der Waals surface area (Å²) < 4.78 is 0. The quantitative estimate of drug-likeness (QED) is 0.147. The van der Waals surface area contributed by atoms with Gasteiger partial charge in [-0.1, -0.05) is 250 Å². The maximum absolute atomic E-state index is 2.58. The summed E-state index contributed by atoms with van der Waals surface area (Å²) >= 11 is 0. The summed E-state index contributed by atoms with van der Waals surface area (Å²) in [7, 11) is 0. The number of hydrogen-bond donors (Lipinski definition) is 0. The summed E-state index contributed by atoms with van der Waals surface area (Å²) in [6.45, 7) is 4.76. The molecule has 0 spiro atoms. The number of benzene rings is 11. The van der Waals surface area contributed by atoms with Crippen molar-refractivity contribution in [1.82, 2.24) is 0 Å². The van der Waals surface area contributed by atoms with Crippen molar-refractivity contribution in [2.45, 2.75) is 24.7 Å². The molecule has 0 N–H and O–H groups in total. The third-order valence-corrected chi connectivity index (χ3v) is 15.2. The van der Waals surface area contributed by atoms with Gasteiger partial charge in [0.25, 0.3) is 0 Å². The van der Waals surface area contributed by atoms with Gasteiger partial charge in [-0.15, -0.1) is 0 Å². The van der Waals surface area contributed by atoms with Crippen LogP contribution in [0.25, 0.3) is 66.4 Å². The molecule has 0 bridgehead atoms. The predicted molar refractivity (Wildman–Crippen MR) is 290 cm³/mol. The van der Waals surface area contributed by atoms with Crippen molar-refractivity contribution in [2.75, 3.05) is 4.90 Å². The molecule has 1 nitrogen and oxygen atoms in total. The Balaban J connectivity index is 1.16. The van der Waals surface area contributed by atoms with E-state index in [1.54, 1.807) is 0 Å². The first kappa shape index (κ1) is 40.7. The third kappa shape index (κ3) is 6.17. The maximum atomic E-state index is 2.58. The fourth-order valence-electron chi connectivity index (χ4n) is 12.2. The van der Waals surface area contributed by atoms with Crippen molar-refractivity contribution in [3.05, 3.63) is 294 Å². The van der Waals surface area contributed by atoms with Gasteiger partial charge in [-0.2, -0.15) is 0 Å². The van der Waals surface area contributed by atoms with Crippen LogP contribution in [-0.2, 0) is 10.8 Å². The van der Waals surface area contributed by atoms with Gasteiger partial charge in [0, 0.05) is 22.2 Å². The number of fused-ring (bicyclic) bond motifs is 7. The van der Waals surface area contributed by atoms with E-state index in [0.717, 1.165) is 22.6 Å². The van der Waals surface area contributed by atoms with Gasteiger partial charge in [0.05, 0.1) is 16.8 Å². The van der Waals surface area contributed by atoms with Crippen LogP contribution in [0.4, 0.5) is 17.1 Å². The zero-order valence-electron chi connectivity index (χ0n) is 38.8. The van der Waals surface area contributed by atoms with Crippen molar-refractivity contribution in [1.29, 1.82) is 0 Å². The van der Waals surface area contributed by atoms with Crippen LogP contribution in [0.3, 0.4) is 0 Å². The van der Waals surface area contributed by atoms with E-state index in [2.05, 4.69) is 280 Å². The largest absolute Gasteiger partial charge is 0.309 e. The van der Waals surface area contributed by atoms with Crippen molar-refractivity contribution in [3.63, 3.8) is 0 Å². The van der Waals surface area contributed by atoms with Gasteiger partial charge in [0.1, 0.15) is 0 Å². The molecule has 69 heavy (non-hydrogen) atoms. The van der Waals surface area contributed by atoms with Gasteiger partial charge in [-0.25, -0.2) is 0 Å². The summed E-state index contributed by atoms with van der Waals surface area (Å²) in [5.41, 5.74) is 22.7. The van der Waals surface area contributed by atoms with Gasteiger partial charge < -0.3 is 4.90 Å². The molecule has 0 aliphatic heterocycles. The van der Waals surface area contributed by atoms with Crippen LogP contribution >= 0.6 is 0 Å². The molecule has 0 saturated heterocycles. The Bertz CT molecular complexity index is 3700. The van der Waals surface area contributed by atoms with Crippen molar-refractivity contribution >= 4 is 27.8 Å². The van der Waals surface area contributed by atoms with Crippen LogP contribution in [0.15, 0.2) is 261 Å². The Labute approximate surface area is 405 Å². The Kier molecular flexibility index (Phi) is 9.49. The molecular formula is C68H49N. The Morgan fingerprint density at radius 3 is 1.55 bits per heavy atom. The lowest BCUT2D eigenvalue weighted by molar-refractivity contribution is 0.660. The van der Waals surface area contributed by atoms with Gasteiger partial charge in [0.15, 0.2) is 0 Å². The number of hydrogen-bond acceptors (Lipinski definition) is 1. The maximum Gasteiger partial charge on any atom is 0.0713 e. The summed E-state index contributed by atoms with van der Waals surface area (Å²) in [5.74, 6) is 0. The summed E-state index contributed by atoms with van der Waals surface area (Å²) in [5, 5.41) is 2.42. The summed E-state index contributed by atoms with van der Waals surface area (Å²) in [6.07, 6.45) is 0. The lowest BCUT2D eigenvalue weighted by Gasteiger charge is -2.35. The molecule has 0 heterocycles. The fraction of sp³-hybridized carbons (Fsp3) is 0.0588. The SMILES string of the molecule is CC1(C)c2ccccc2-c2c(-c3c(N(c4ccc5c(c4)-c4ccccc4C5(c4ccccc4)c4ccccc4)c4cccc(-c5ccccc5)c4-c4ccccc4)ccc4ccccc34)cccc21. The minimum atomic E-state index is -0.515. The molecule has 0 fully saturated rings. The molecule has 0 unspecified atom stereocenters. The molecular weight excluding hydrogens is 831 g/mol. The second-order valence-electron chi connectivity index (χ2n) is 19.1. The first-order valence-electron chi connectivity index (χ1n) is 24.2. The van der Waals surface area contributed by atoms with Crippen LogP contribution in [-0.4, -0.2) is 0 Å². The number of anilines is 3. The van der Waals surface area contributed by atoms with Crippen LogP contribution in [0, 0.1) is 0 Å². The Morgan fingerprint density at radius 1 is 0.304 bits per heavy atom. The van der Waals surface area contributed by atoms with Crippen molar-refractivity contribution in [2.24, 2.45) is 0 Å². The van der Waals surface area contributed by atoms with E-state index in [1.807, 2.05) is 0 Å². The second kappa shape index (κ2) is 16.1. The summed E-state index contributed by atoms with van der Waals surface area (Å²) in [6, 6.07) is 97.0. The molecule has 13 rings (SSSR count). The van der Waals surface area contributed by atoms with Crippen LogP contribution in [0.5, 0.6) is 0 Å². The predicted octanol–water partition coefficient (Wildman–Crippen LogP) is 18.0. The zero-order chi connectivity index (χ0) is 46.1. The molecule has 0 amide bonds. The average Bonchev–Trinajstić information content (AvgIpc) is 3.85. The fourth-order valence-corrected chi connectivity index (χ4v) is 12.2. The van der Waals surface area contributed by atoms with E-state index >= 15 is 0 Å². The number of nitrogens with zero attached hydrogens (tertiary/aromatic N) is 1. The van der Waals surface area contributed by atoms with Crippen molar-refractivity contribution < 1.29 is 0 Å². The van der Waals surface area contributed by atoms with Gasteiger partial charge in [-0.3, -0.25) is 0 Å². The van der Waals surface area contributed by atoms with E-state index < -0.39 is 5.41 Å². The molecule has 2 aliphatic rings. The van der Waals surface area contributed by atoms with Gasteiger partial charge in [-0.05, 0) is 113 Å². The smallest absolute Gasteiger partial charge is 0.0713 e. The Hall–Kier alpha value is -8.52. The van der Waals surface area contributed by atoms with E-state index in [4.69, 9.17) is 0 Å². The topological polar surface area (TPSA) is 3.24 Å². The molecule has 0 saturated carbocycles. The normalized spacial score (nSPS) is 13.6. The first-order valence-corrected chi connectivity index (χ1v) is 24.2. The minimum absolute atomic E-state index is 0.158. The molecule has 0 aromatic heterocycles. The van der Waals surface area contributed by atoms with Crippen molar-refractivity contribution in [3.8, 4) is 55.6 Å². The molecule has 326 valence electrons. The molecule has 11 aromatic carbocycles. The highest BCUT2D eigenvalue weighted by atomic mass is 15.1. The van der Waals surface area contributed by atoms with E-state index in [9.17, 15) is 0 Å². The lowest BCUT2D eigenvalue weighted by Crippen LogP contribution is -2.28.